The number of hydrogen-bond donors (Lipinski definition) is 1. The zero-order chi connectivity index (χ0) is 17.4. The van der Waals surface area contributed by atoms with Crippen molar-refractivity contribution >= 4 is 23.5 Å². The Morgan fingerprint density at radius 2 is 1.88 bits per heavy atom. The molecule has 2 aromatic carbocycles. The van der Waals surface area contributed by atoms with Crippen LogP contribution >= 0.6 is 11.6 Å². The number of ether oxygens (including phenoxy) is 2. The van der Waals surface area contributed by atoms with E-state index in [1.54, 1.807) is 43.3 Å². The highest BCUT2D eigenvalue weighted by atomic mass is 35.5. The molecular weight excluding hydrogens is 330 g/mol. The lowest BCUT2D eigenvalue weighted by molar-refractivity contribution is -0.123. The fourth-order valence-corrected chi connectivity index (χ4v) is 2.16. The second kappa shape index (κ2) is 8.93. The van der Waals surface area contributed by atoms with Gasteiger partial charge in [-0.2, -0.15) is 0 Å². The van der Waals surface area contributed by atoms with E-state index < -0.39 is 0 Å². The van der Waals surface area contributed by atoms with Crippen LogP contribution in [0.2, 0.25) is 5.02 Å². The number of halogens is 1. The number of benzene rings is 2. The molecule has 0 heterocycles. The maximum Gasteiger partial charge on any atom is 0.338 e. The Bertz CT molecular complexity index is 700. The lowest BCUT2D eigenvalue weighted by atomic mass is 10.2. The Morgan fingerprint density at radius 3 is 2.54 bits per heavy atom. The molecule has 0 aliphatic heterocycles. The van der Waals surface area contributed by atoms with Gasteiger partial charge in [-0.15, -0.1) is 0 Å². The van der Waals surface area contributed by atoms with E-state index in [4.69, 9.17) is 21.1 Å². The molecule has 2 aromatic rings. The fraction of sp³-hybridized carbons (Fsp3) is 0.222. The summed E-state index contributed by atoms with van der Waals surface area (Å²) in [4.78, 5) is 23.3. The zero-order valence-electron chi connectivity index (χ0n) is 13.3. The predicted octanol–water partition coefficient (Wildman–Crippen LogP) is 3.21. The normalized spacial score (nSPS) is 10.1. The highest BCUT2D eigenvalue weighted by Gasteiger charge is 2.07. The molecule has 0 bridgehead atoms. The molecule has 1 N–H and O–H groups in total. The Labute approximate surface area is 145 Å². The molecule has 2 rings (SSSR count). The number of carbonyl (C=O) groups excluding carboxylic acids is 2. The third kappa shape index (κ3) is 5.59. The molecule has 5 nitrogen and oxygen atoms in total. The average molecular weight is 348 g/mol. The van der Waals surface area contributed by atoms with Crippen LogP contribution in [-0.2, 0) is 16.1 Å². The maximum absolute atomic E-state index is 11.8. The van der Waals surface area contributed by atoms with Gasteiger partial charge in [-0.05, 0) is 48.9 Å². The average Bonchev–Trinajstić information content (AvgIpc) is 2.59. The Hall–Kier alpha value is -2.53. The van der Waals surface area contributed by atoms with E-state index in [-0.39, 0.29) is 18.5 Å². The highest BCUT2D eigenvalue weighted by molar-refractivity contribution is 6.30. The summed E-state index contributed by atoms with van der Waals surface area (Å²) in [5.41, 5.74) is 1.35. The van der Waals surface area contributed by atoms with Crippen molar-refractivity contribution in [1.82, 2.24) is 5.32 Å². The van der Waals surface area contributed by atoms with Crippen LogP contribution in [0.4, 0.5) is 0 Å². The summed E-state index contributed by atoms with van der Waals surface area (Å²) in [5.74, 6) is -0.131. The number of hydrogen-bond acceptors (Lipinski definition) is 4. The van der Waals surface area contributed by atoms with Gasteiger partial charge >= 0.3 is 5.97 Å². The molecular formula is C18H18ClNO4. The molecule has 24 heavy (non-hydrogen) atoms. The number of amides is 1. The van der Waals surface area contributed by atoms with Crippen LogP contribution in [0.15, 0.2) is 48.5 Å². The topological polar surface area (TPSA) is 64.6 Å². The number of nitrogens with one attached hydrogen (secondary N) is 1. The number of rotatable bonds is 7. The van der Waals surface area contributed by atoms with Crippen molar-refractivity contribution in [3.05, 3.63) is 64.7 Å². The van der Waals surface area contributed by atoms with Crippen molar-refractivity contribution in [3.8, 4) is 5.75 Å². The third-order valence-corrected chi connectivity index (χ3v) is 3.35. The summed E-state index contributed by atoms with van der Waals surface area (Å²) in [6.07, 6.45) is 0. The summed E-state index contributed by atoms with van der Waals surface area (Å²) in [6.45, 7) is 2.34. The second-order valence-electron chi connectivity index (χ2n) is 4.94. The fourth-order valence-electron chi connectivity index (χ4n) is 1.95. The Morgan fingerprint density at radius 1 is 1.12 bits per heavy atom. The summed E-state index contributed by atoms with van der Waals surface area (Å²) >= 11 is 5.89. The Balaban J connectivity index is 1.78. The molecule has 6 heteroatoms. The summed E-state index contributed by atoms with van der Waals surface area (Å²) in [7, 11) is 0. The summed E-state index contributed by atoms with van der Waals surface area (Å²) in [5, 5.41) is 3.37. The molecule has 0 radical (unpaired) electrons. The van der Waals surface area contributed by atoms with Gasteiger partial charge < -0.3 is 14.8 Å². The number of carbonyl (C=O) groups is 2. The van der Waals surface area contributed by atoms with Gasteiger partial charge in [0.05, 0.1) is 12.2 Å². The first kappa shape index (κ1) is 17.8. The van der Waals surface area contributed by atoms with Crippen molar-refractivity contribution in [2.75, 3.05) is 13.2 Å². The van der Waals surface area contributed by atoms with Crippen molar-refractivity contribution < 1.29 is 19.1 Å². The van der Waals surface area contributed by atoms with Gasteiger partial charge in [-0.1, -0.05) is 23.7 Å². The molecule has 0 atom stereocenters. The second-order valence-corrected chi connectivity index (χ2v) is 5.38. The SMILES string of the molecule is CCOC(=O)c1ccc(OCC(=O)NCc2cccc(Cl)c2)cc1. The van der Waals surface area contributed by atoms with Gasteiger partial charge in [0.1, 0.15) is 5.75 Å². The van der Waals surface area contributed by atoms with E-state index in [0.29, 0.717) is 29.5 Å². The first-order valence-electron chi connectivity index (χ1n) is 7.49. The van der Waals surface area contributed by atoms with E-state index in [2.05, 4.69) is 5.32 Å². The van der Waals surface area contributed by atoms with E-state index in [1.165, 1.54) is 0 Å². The molecule has 0 aromatic heterocycles. The zero-order valence-corrected chi connectivity index (χ0v) is 14.0. The molecule has 0 fully saturated rings. The first-order valence-corrected chi connectivity index (χ1v) is 7.87. The van der Waals surface area contributed by atoms with E-state index in [9.17, 15) is 9.59 Å². The monoisotopic (exact) mass is 347 g/mol. The molecule has 0 saturated heterocycles. The van der Waals surface area contributed by atoms with Gasteiger partial charge in [-0.25, -0.2) is 4.79 Å². The minimum Gasteiger partial charge on any atom is -0.484 e. The minimum atomic E-state index is -0.386. The smallest absolute Gasteiger partial charge is 0.338 e. The standard InChI is InChI=1S/C18H18ClNO4/c1-2-23-18(22)14-6-8-16(9-7-14)24-12-17(21)20-11-13-4-3-5-15(19)10-13/h3-10H,2,11-12H2,1H3,(H,20,21). The highest BCUT2D eigenvalue weighted by Crippen LogP contribution is 2.13. The molecule has 0 aliphatic carbocycles. The van der Waals surface area contributed by atoms with Gasteiger partial charge in [-0.3, -0.25) is 4.79 Å². The van der Waals surface area contributed by atoms with Crippen LogP contribution in [0.5, 0.6) is 5.75 Å². The van der Waals surface area contributed by atoms with Crippen molar-refractivity contribution in [2.24, 2.45) is 0 Å². The van der Waals surface area contributed by atoms with Crippen LogP contribution in [0.25, 0.3) is 0 Å². The van der Waals surface area contributed by atoms with Gasteiger partial charge in [0.25, 0.3) is 5.91 Å². The van der Waals surface area contributed by atoms with Gasteiger partial charge in [0, 0.05) is 11.6 Å². The van der Waals surface area contributed by atoms with E-state index in [0.717, 1.165) is 5.56 Å². The maximum atomic E-state index is 11.8. The van der Waals surface area contributed by atoms with Crippen LogP contribution in [-0.4, -0.2) is 25.1 Å². The predicted molar refractivity (Wildman–Crippen MR) is 91.2 cm³/mol. The Kier molecular flexibility index (Phi) is 6.63. The van der Waals surface area contributed by atoms with Crippen molar-refractivity contribution in [1.29, 1.82) is 0 Å². The van der Waals surface area contributed by atoms with Crippen LogP contribution in [0.3, 0.4) is 0 Å². The van der Waals surface area contributed by atoms with Crippen molar-refractivity contribution in [3.63, 3.8) is 0 Å². The molecule has 0 saturated carbocycles. The van der Waals surface area contributed by atoms with E-state index >= 15 is 0 Å². The summed E-state index contributed by atoms with van der Waals surface area (Å²) < 4.78 is 10.3. The third-order valence-electron chi connectivity index (χ3n) is 3.11. The molecule has 0 aliphatic rings. The van der Waals surface area contributed by atoms with E-state index in [1.807, 2.05) is 12.1 Å². The number of esters is 1. The van der Waals surface area contributed by atoms with Crippen LogP contribution < -0.4 is 10.1 Å². The lowest BCUT2D eigenvalue weighted by Gasteiger charge is -2.08. The molecule has 126 valence electrons. The first-order chi connectivity index (χ1) is 11.6. The minimum absolute atomic E-state index is 0.112. The summed E-state index contributed by atoms with van der Waals surface area (Å²) in [6, 6.07) is 13.7. The quantitative estimate of drug-likeness (QED) is 0.781. The molecule has 0 spiro atoms. The van der Waals surface area contributed by atoms with Gasteiger partial charge in [0.15, 0.2) is 6.61 Å². The van der Waals surface area contributed by atoms with Crippen LogP contribution in [0.1, 0.15) is 22.8 Å². The largest absolute Gasteiger partial charge is 0.484 e. The van der Waals surface area contributed by atoms with Crippen LogP contribution in [0, 0.1) is 0 Å². The molecule has 1 amide bonds. The van der Waals surface area contributed by atoms with Gasteiger partial charge in [0.2, 0.25) is 0 Å². The molecule has 0 unspecified atom stereocenters. The lowest BCUT2D eigenvalue weighted by Crippen LogP contribution is -2.28. The van der Waals surface area contributed by atoms with Crippen molar-refractivity contribution in [2.45, 2.75) is 13.5 Å².